The van der Waals surface area contributed by atoms with E-state index in [1.165, 1.54) is 0 Å². The number of carbonyl (C=O) groups is 1. The largest absolute Gasteiger partial charge is 0.462 e. The number of aromatic nitrogens is 2. The van der Waals surface area contributed by atoms with Crippen LogP contribution in [0.25, 0.3) is 0 Å². The molecule has 0 N–H and O–H groups in total. The first kappa shape index (κ1) is 8.62. The summed E-state index contributed by atoms with van der Waals surface area (Å²) in [5, 5.41) is 4.10. The molecule has 4 nitrogen and oxygen atoms in total. The average Bonchev–Trinajstić information content (AvgIpc) is 2.62. The van der Waals surface area contributed by atoms with Gasteiger partial charge in [0, 0.05) is 5.75 Å². The van der Waals surface area contributed by atoms with Crippen LogP contribution in [0, 0.1) is 0 Å². The summed E-state index contributed by atoms with van der Waals surface area (Å²) in [6.45, 7) is 2.22. The Morgan fingerprint density at radius 1 is 1.85 bits per heavy atom. The van der Waals surface area contributed by atoms with Crippen molar-refractivity contribution in [1.82, 2.24) is 9.78 Å². The quantitative estimate of drug-likeness (QED) is 0.671. The van der Waals surface area contributed by atoms with Gasteiger partial charge in [-0.2, -0.15) is 5.10 Å². The van der Waals surface area contributed by atoms with Crippen molar-refractivity contribution in [3.8, 4) is 0 Å². The van der Waals surface area contributed by atoms with Gasteiger partial charge in [-0.1, -0.05) is 0 Å². The summed E-state index contributed by atoms with van der Waals surface area (Å²) in [6, 6.07) is 0. The van der Waals surface area contributed by atoms with Crippen molar-refractivity contribution in [3.63, 3.8) is 0 Å². The number of esters is 1. The zero-order valence-corrected chi connectivity index (χ0v) is 8.13. The molecule has 1 aromatic rings. The second kappa shape index (κ2) is 3.41. The highest BCUT2D eigenvalue weighted by molar-refractivity contribution is 7.97. The predicted octanol–water partition coefficient (Wildman–Crippen LogP) is 1.26. The van der Waals surface area contributed by atoms with E-state index in [0.717, 1.165) is 17.3 Å². The van der Waals surface area contributed by atoms with Crippen molar-refractivity contribution in [2.75, 3.05) is 6.61 Å². The van der Waals surface area contributed by atoms with E-state index in [9.17, 15) is 4.79 Å². The van der Waals surface area contributed by atoms with Crippen LogP contribution < -0.4 is 0 Å². The van der Waals surface area contributed by atoms with Gasteiger partial charge in [-0.05, 0) is 6.92 Å². The third-order valence-electron chi connectivity index (χ3n) is 1.90. The lowest BCUT2D eigenvalue weighted by atomic mass is 10.3. The molecule has 0 fully saturated rings. The van der Waals surface area contributed by atoms with Gasteiger partial charge in [0.25, 0.3) is 0 Å². The third kappa shape index (κ3) is 1.44. The highest BCUT2D eigenvalue weighted by Gasteiger charge is 2.21. The van der Waals surface area contributed by atoms with Crippen LogP contribution in [-0.4, -0.2) is 22.4 Å². The molecule has 0 bridgehead atoms. The molecule has 13 heavy (non-hydrogen) atoms. The first-order valence-corrected chi connectivity index (χ1v) is 5.28. The Bertz CT molecular complexity index is 335. The van der Waals surface area contributed by atoms with E-state index < -0.39 is 0 Å². The first-order valence-electron chi connectivity index (χ1n) is 4.12. The van der Waals surface area contributed by atoms with Gasteiger partial charge in [0.1, 0.15) is 5.56 Å². The van der Waals surface area contributed by atoms with Gasteiger partial charge in [0.15, 0.2) is 0 Å². The first-order chi connectivity index (χ1) is 6.33. The maximum atomic E-state index is 11.4. The summed E-state index contributed by atoms with van der Waals surface area (Å²) >= 11 is 1.75. The molecule has 0 saturated heterocycles. The monoisotopic (exact) mass is 198 g/mol. The Morgan fingerprint density at radius 3 is 3.46 bits per heavy atom. The SMILES string of the molecule is CCOC(=O)c1cnn2c1CSC2. The van der Waals surface area contributed by atoms with Crippen LogP contribution in [0.15, 0.2) is 6.20 Å². The van der Waals surface area contributed by atoms with Crippen LogP contribution in [0.4, 0.5) is 0 Å². The molecule has 0 amide bonds. The van der Waals surface area contributed by atoms with Crippen molar-refractivity contribution >= 4 is 17.7 Å². The average molecular weight is 198 g/mol. The molecule has 70 valence electrons. The second-order valence-corrected chi connectivity index (χ2v) is 3.66. The highest BCUT2D eigenvalue weighted by Crippen LogP contribution is 2.25. The van der Waals surface area contributed by atoms with Crippen molar-refractivity contribution in [2.24, 2.45) is 0 Å². The van der Waals surface area contributed by atoms with Gasteiger partial charge >= 0.3 is 5.97 Å². The summed E-state index contributed by atoms with van der Waals surface area (Å²) < 4.78 is 6.75. The van der Waals surface area contributed by atoms with Crippen molar-refractivity contribution < 1.29 is 9.53 Å². The maximum absolute atomic E-state index is 11.4. The van der Waals surface area contributed by atoms with Crippen LogP contribution >= 0.6 is 11.8 Å². The molecule has 5 heteroatoms. The molecule has 0 unspecified atom stereocenters. The predicted molar refractivity (Wildman–Crippen MR) is 49.5 cm³/mol. The van der Waals surface area contributed by atoms with E-state index >= 15 is 0 Å². The lowest BCUT2D eigenvalue weighted by Crippen LogP contribution is -2.06. The van der Waals surface area contributed by atoms with Gasteiger partial charge in [-0.3, -0.25) is 4.68 Å². The maximum Gasteiger partial charge on any atom is 0.341 e. The molecule has 1 aliphatic rings. The Morgan fingerprint density at radius 2 is 2.69 bits per heavy atom. The minimum atomic E-state index is -0.258. The van der Waals surface area contributed by atoms with Crippen molar-refractivity contribution in [1.29, 1.82) is 0 Å². The van der Waals surface area contributed by atoms with Gasteiger partial charge in [0.2, 0.25) is 0 Å². The van der Waals surface area contributed by atoms with E-state index in [0.29, 0.717) is 12.2 Å². The lowest BCUT2D eigenvalue weighted by molar-refractivity contribution is 0.0525. The molecule has 0 aromatic carbocycles. The summed E-state index contributed by atoms with van der Waals surface area (Å²) in [4.78, 5) is 11.4. The standard InChI is InChI=1S/C8H10N2O2S/c1-2-12-8(11)6-3-9-10-5-13-4-7(6)10/h3H,2,4-5H2,1H3. The van der Waals surface area contributed by atoms with Gasteiger partial charge < -0.3 is 4.74 Å². The van der Waals surface area contributed by atoms with Crippen molar-refractivity contribution in [2.45, 2.75) is 18.6 Å². The number of ether oxygens (including phenoxy) is 1. The molecule has 2 heterocycles. The smallest absolute Gasteiger partial charge is 0.341 e. The van der Waals surface area contributed by atoms with Gasteiger partial charge in [0.05, 0.1) is 24.4 Å². The number of thioether (sulfide) groups is 1. The summed E-state index contributed by atoms with van der Waals surface area (Å²) in [6.07, 6.45) is 1.59. The van der Waals surface area contributed by atoms with Crippen LogP contribution in [0.1, 0.15) is 23.0 Å². The summed E-state index contributed by atoms with van der Waals surface area (Å²) in [5.74, 6) is 1.44. The molecular weight excluding hydrogens is 188 g/mol. The fourth-order valence-electron chi connectivity index (χ4n) is 1.28. The van der Waals surface area contributed by atoms with E-state index in [4.69, 9.17) is 4.74 Å². The number of nitrogens with zero attached hydrogens (tertiary/aromatic N) is 2. The third-order valence-corrected chi connectivity index (χ3v) is 2.80. The van der Waals surface area contributed by atoms with E-state index in [-0.39, 0.29) is 5.97 Å². The molecule has 1 aromatic heterocycles. The second-order valence-electron chi connectivity index (χ2n) is 2.70. The lowest BCUT2D eigenvalue weighted by Gasteiger charge is -1.99. The number of hydrogen-bond donors (Lipinski definition) is 0. The molecule has 0 spiro atoms. The minimum Gasteiger partial charge on any atom is -0.462 e. The van der Waals surface area contributed by atoms with Crippen LogP contribution in [0.3, 0.4) is 0 Å². The highest BCUT2D eigenvalue weighted by atomic mass is 32.2. The minimum absolute atomic E-state index is 0.258. The van der Waals surface area contributed by atoms with Crippen molar-refractivity contribution in [3.05, 3.63) is 17.5 Å². The molecule has 0 saturated carbocycles. The zero-order valence-electron chi connectivity index (χ0n) is 7.32. The van der Waals surface area contributed by atoms with Gasteiger partial charge in [-0.15, -0.1) is 11.8 Å². The van der Waals surface area contributed by atoms with E-state index in [1.807, 2.05) is 4.68 Å². The molecule has 0 atom stereocenters. The fraction of sp³-hybridized carbons (Fsp3) is 0.500. The van der Waals surface area contributed by atoms with Gasteiger partial charge in [-0.25, -0.2) is 4.79 Å². The van der Waals surface area contributed by atoms with Crippen LogP contribution in [0.5, 0.6) is 0 Å². The Hall–Kier alpha value is -0.970. The number of hydrogen-bond acceptors (Lipinski definition) is 4. The molecule has 1 aliphatic heterocycles. The Balaban J connectivity index is 2.26. The van der Waals surface area contributed by atoms with Crippen LogP contribution in [0.2, 0.25) is 0 Å². The molecule has 0 radical (unpaired) electrons. The topological polar surface area (TPSA) is 44.1 Å². The molecule has 0 aliphatic carbocycles. The van der Waals surface area contributed by atoms with Crippen LogP contribution in [-0.2, 0) is 16.4 Å². The molecule has 2 rings (SSSR count). The normalized spacial score (nSPS) is 14.2. The summed E-state index contributed by atoms with van der Waals surface area (Å²) in [5.41, 5.74) is 1.61. The van der Waals surface area contributed by atoms with E-state index in [1.54, 1.807) is 24.9 Å². The zero-order chi connectivity index (χ0) is 9.26. The van der Waals surface area contributed by atoms with E-state index in [2.05, 4.69) is 5.10 Å². The number of fused-ring (bicyclic) bond motifs is 1. The Labute approximate surface area is 80.3 Å². The fourth-order valence-corrected chi connectivity index (χ4v) is 2.27. The summed E-state index contributed by atoms with van der Waals surface area (Å²) in [7, 11) is 0. The Kier molecular flexibility index (Phi) is 2.26. The number of rotatable bonds is 2. The molecular formula is C8H10N2O2S. The number of carbonyl (C=O) groups excluding carboxylic acids is 1.